The smallest absolute Gasteiger partial charge is 0.202 e. The summed E-state index contributed by atoms with van der Waals surface area (Å²) in [6.07, 6.45) is 9.30. The van der Waals surface area contributed by atoms with Gasteiger partial charge in [0.2, 0.25) is 5.78 Å². The molecule has 0 unspecified atom stereocenters. The van der Waals surface area contributed by atoms with E-state index in [9.17, 15) is 4.79 Å². The molecule has 0 saturated carbocycles. The number of rotatable bonds is 6. The number of nitrogens with zero attached hydrogens (tertiary/aromatic N) is 5. The van der Waals surface area contributed by atoms with E-state index < -0.39 is 0 Å². The second-order valence-electron chi connectivity index (χ2n) is 7.27. The predicted octanol–water partition coefficient (Wildman–Crippen LogP) is 2.76. The van der Waals surface area contributed by atoms with Gasteiger partial charge in [0.1, 0.15) is 0 Å². The van der Waals surface area contributed by atoms with Crippen molar-refractivity contribution in [1.82, 2.24) is 24.2 Å². The van der Waals surface area contributed by atoms with Gasteiger partial charge in [-0.15, -0.1) is 0 Å². The zero-order valence-corrected chi connectivity index (χ0v) is 15.7. The molecule has 27 heavy (non-hydrogen) atoms. The molecule has 3 aromatic rings. The summed E-state index contributed by atoms with van der Waals surface area (Å²) in [6.45, 7) is 3.46. The maximum atomic E-state index is 12.8. The van der Waals surface area contributed by atoms with Crippen LogP contribution in [0.25, 0.3) is 0 Å². The molecule has 1 saturated heterocycles. The zero-order valence-electron chi connectivity index (χ0n) is 15.7. The van der Waals surface area contributed by atoms with Crippen molar-refractivity contribution in [2.24, 2.45) is 13.0 Å². The molecule has 0 radical (unpaired) electrons. The summed E-state index contributed by atoms with van der Waals surface area (Å²) in [5.74, 6) is 0.760. The Bertz CT molecular complexity index is 899. The van der Waals surface area contributed by atoms with Crippen molar-refractivity contribution in [2.45, 2.75) is 25.9 Å². The SMILES string of the molecule is Cn1ccnc1C(=O)[C@@H]1CCCN(Cc2ccccc2Cn2cccn2)C1. The largest absolute Gasteiger partial charge is 0.332 e. The fourth-order valence-corrected chi connectivity index (χ4v) is 3.87. The van der Waals surface area contributed by atoms with Crippen LogP contribution in [0.2, 0.25) is 0 Å². The highest BCUT2D eigenvalue weighted by Crippen LogP contribution is 2.23. The lowest BCUT2D eigenvalue weighted by molar-refractivity contribution is 0.0797. The molecule has 0 amide bonds. The number of hydrogen-bond acceptors (Lipinski definition) is 4. The first-order chi connectivity index (χ1) is 13.2. The summed E-state index contributed by atoms with van der Waals surface area (Å²) >= 11 is 0. The van der Waals surface area contributed by atoms with E-state index in [1.54, 1.807) is 12.4 Å². The van der Waals surface area contributed by atoms with Crippen LogP contribution < -0.4 is 0 Å². The molecule has 4 rings (SSSR count). The number of ketones is 1. The predicted molar refractivity (Wildman–Crippen MR) is 103 cm³/mol. The monoisotopic (exact) mass is 363 g/mol. The van der Waals surface area contributed by atoms with E-state index in [4.69, 9.17) is 0 Å². The molecule has 0 spiro atoms. The molecule has 0 N–H and O–H groups in total. The summed E-state index contributed by atoms with van der Waals surface area (Å²) in [6, 6.07) is 10.5. The zero-order chi connectivity index (χ0) is 18.6. The molecule has 1 fully saturated rings. The topological polar surface area (TPSA) is 56.0 Å². The number of benzene rings is 1. The Morgan fingerprint density at radius 1 is 1.11 bits per heavy atom. The Morgan fingerprint density at radius 3 is 2.63 bits per heavy atom. The van der Waals surface area contributed by atoms with Crippen LogP contribution in [-0.4, -0.2) is 43.1 Å². The molecule has 3 heterocycles. The number of carbonyl (C=O) groups is 1. The summed E-state index contributed by atoms with van der Waals surface area (Å²) in [5.41, 5.74) is 2.58. The minimum Gasteiger partial charge on any atom is -0.332 e. The second kappa shape index (κ2) is 7.88. The Balaban J connectivity index is 1.45. The van der Waals surface area contributed by atoms with E-state index in [-0.39, 0.29) is 11.7 Å². The maximum absolute atomic E-state index is 12.8. The number of piperidine rings is 1. The highest BCUT2D eigenvalue weighted by Gasteiger charge is 2.28. The lowest BCUT2D eigenvalue weighted by Gasteiger charge is -2.32. The standard InChI is InChI=1S/C21H25N5O/c1-24-13-10-22-21(24)20(27)19-8-4-11-25(15-19)14-17-6-2-3-7-18(17)16-26-12-5-9-23-26/h2-3,5-7,9-10,12-13,19H,4,8,11,14-16H2,1H3/t19-/m1/s1. The Morgan fingerprint density at radius 2 is 1.93 bits per heavy atom. The van der Waals surface area contributed by atoms with Gasteiger partial charge in [0.15, 0.2) is 5.82 Å². The summed E-state index contributed by atoms with van der Waals surface area (Å²) < 4.78 is 3.77. The van der Waals surface area contributed by atoms with Crippen LogP contribution in [0.5, 0.6) is 0 Å². The van der Waals surface area contributed by atoms with Gasteiger partial charge in [-0.05, 0) is 36.6 Å². The second-order valence-corrected chi connectivity index (χ2v) is 7.27. The molecule has 1 atom stereocenters. The van der Waals surface area contributed by atoms with Gasteiger partial charge in [0.25, 0.3) is 0 Å². The summed E-state index contributed by atoms with van der Waals surface area (Å²) in [7, 11) is 1.88. The molecule has 6 heteroatoms. The number of carbonyl (C=O) groups excluding carboxylic acids is 1. The third-order valence-corrected chi connectivity index (χ3v) is 5.32. The first-order valence-corrected chi connectivity index (χ1v) is 9.49. The molecule has 2 aromatic heterocycles. The van der Waals surface area contributed by atoms with E-state index in [1.165, 1.54) is 11.1 Å². The molecular formula is C21H25N5O. The fraction of sp³-hybridized carbons (Fsp3) is 0.381. The van der Waals surface area contributed by atoms with Crippen LogP contribution >= 0.6 is 0 Å². The minimum atomic E-state index is 0.0260. The molecule has 1 aliphatic heterocycles. The van der Waals surface area contributed by atoms with Crippen molar-refractivity contribution in [1.29, 1.82) is 0 Å². The number of aromatic nitrogens is 4. The number of imidazole rings is 1. The Hall–Kier alpha value is -2.73. The van der Waals surface area contributed by atoms with Gasteiger partial charge in [-0.1, -0.05) is 24.3 Å². The molecule has 0 aliphatic carbocycles. The van der Waals surface area contributed by atoms with Gasteiger partial charge in [-0.25, -0.2) is 4.98 Å². The Kier molecular flexibility index (Phi) is 5.16. The number of Topliss-reactive ketones (excluding diaryl/α,β-unsaturated/α-hetero) is 1. The van der Waals surface area contributed by atoms with E-state index in [0.717, 1.165) is 39.0 Å². The molecule has 140 valence electrons. The first-order valence-electron chi connectivity index (χ1n) is 9.49. The van der Waals surface area contributed by atoms with Gasteiger partial charge in [-0.2, -0.15) is 5.10 Å². The van der Waals surface area contributed by atoms with Crippen LogP contribution in [-0.2, 0) is 20.1 Å². The van der Waals surface area contributed by atoms with Crippen LogP contribution in [0.4, 0.5) is 0 Å². The third kappa shape index (κ3) is 4.01. The average Bonchev–Trinajstić information content (AvgIpc) is 3.35. The molecule has 6 nitrogen and oxygen atoms in total. The van der Waals surface area contributed by atoms with Crippen molar-refractivity contribution in [3.05, 3.63) is 72.1 Å². The van der Waals surface area contributed by atoms with E-state index in [1.807, 2.05) is 34.8 Å². The van der Waals surface area contributed by atoms with Crippen molar-refractivity contribution >= 4 is 5.78 Å². The van der Waals surface area contributed by atoms with Crippen LogP contribution in [0.1, 0.15) is 34.6 Å². The van der Waals surface area contributed by atoms with Crippen molar-refractivity contribution in [3.63, 3.8) is 0 Å². The maximum Gasteiger partial charge on any atom is 0.202 e. The number of likely N-dealkylation sites (tertiary alicyclic amines) is 1. The highest BCUT2D eigenvalue weighted by atomic mass is 16.1. The summed E-state index contributed by atoms with van der Waals surface area (Å²) in [5, 5.41) is 4.32. The van der Waals surface area contributed by atoms with E-state index in [0.29, 0.717) is 5.82 Å². The van der Waals surface area contributed by atoms with Gasteiger partial charge in [0, 0.05) is 50.8 Å². The average molecular weight is 363 g/mol. The van der Waals surface area contributed by atoms with Gasteiger partial charge >= 0.3 is 0 Å². The van der Waals surface area contributed by atoms with Gasteiger partial charge in [-0.3, -0.25) is 14.4 Å². The van der Waals surface area contributed by atoms with Crippen molar-refractivity contribution in [2.75, 3.05) is 13.1 Å². The molecular weight excluding hydrogens is 338 g/mol. The van der Waals surface area contributed by atoms with E-state index >= 15 is 0 Å². The normalized spacial score (nSPS) is 17.9. The van der Waals surface area contributed by atoms with Gasteiger partial charge in [0.05, 0.1) is 6.54 Å². The lowest BCUT2D eigenvalue weighted by atomic mass is 9.92. The number of hydrogen-bond donors (Lipinski definition) is 0. The number of aryl methyl sites for hydroxylation is 1. The van der Waals surface area contributed by atoms with Crippen LogP contribution in [0, 0.1) is 5.92 Å². The van der Waals surface area contributed by atoms with Crippen LogP contribution in [0.15, 0.2) is 55.1 Å². The minimum absolute atomic E-state index is 0.0260. The first kappa shape index (κ1) is 17.7. The van der Waals surface area contributed by atoms with Crippen molar-refractivity contribution < 1.29 is 4.79 Å². The third-order valence-electron chi connectivity index (χ3n) is 5.32. The van der Waals surface area contributed by atoms with Gasteiger partial charge < -0.3 is 4.57 Å². The van der Waals surface area contributed by atoms with E-state index in [2.05, 4.69) is 39.2 Å². The van der Waals surface area contributed by atoms with Crippen LogP contribution in [0.3, 0.4) is 0 Å². The summed E-state index contributed by atoms with van der Waals surface area (Å²) in [4.78, 5) is 19.5. The lowest BCUT2D eigenvalue weighted by Crippen LogP contribution is -2.39. The molecule has 1 aliphatic rings. The molecule has 1 aromatic carbocycles. The molecule has 0 bridgehead atoms. The quantitative estimate of drug-likeness (QED) is 0.632. The van der Waals surface area contributed by atoms with Crippen molar-refractivity contribution in [3.8, 4) is 0 Å². The Labute approximate surface area is 159 Å². The highest BCUT2D eigenvalue weighted by molar-refractivity contribution is 5.94. The fourth-order valence-electron chi connectivity index (χ4n) is 3.87.